The van der Waals surface area contributed by atoms with Crippen molar-refractivity contribution in [3.05, 3.63) is 59.7 Å². The summed E-state index contributed by atoms with van der Waals surface area (Å²) >= 11 is 0. The number of hydrogen-bond acceptors (Lipinski definition) is 1. The van der Waals surface area contributed by atoms with Crippen LogP contribution in [0.5, 0.6) is 0 Å². The van der Waals surface area contributed by atoms with Gasteiger partial charge >= 0.3 is 6.18 Å². The van der Waals surface area contributed by atoms with Crippen LogP contribution in [0.25, 0.3) is 11.1 Å². The van der Waals surface area contributed by atoms with Crippen molar-refractivity contribution in [1.82, 2.24) is 0 Å². The molecule has 2 aromatic rings. The first-order valence-corrected chi connectivity index (χ1v) is 7.91. The van der Waals surface area contributed by atoms with E-state index in [1.165, 1.54) is 12.1 Å². The van der Waals surface area contributed by atoms with Crippen LogP contribution in [0.3, 0.4) is 0 Å². The molecular formula is C19H24F3NO. The molecule has 1 amide bonds. The van der Waals surface area contributed by atoms with Crippen LogP contribution in [0.15, 0.2) is 48.5 Å². The van der Waals surface area contributed by atoms with Gasteiger partial charge in [0.05, 0.1) is 12.0 Å². The molecule has 0 atom stereocenters. The van der Waals surface area contributed by atoms with E-state index in [9.17, 15) is 18.0 Å². The van der Waals surface area contributed by atoms with Crippen molar-refractivity contribution in [2.24, 2.45) is 5.73 Å². The lowest BCUT2D eigenvalue weighted by Crippen LogP contribution is -2.13. The largest absolute Gasteiger partial charge is 0.416 e. The highest BCUT2D eigenvalue weighted by Crippen LogP contribution is 2.31. The summed E-state index contributed by atoms with van der Waals surface area (Å²) in [6.07, 6.45) is -4.18. The number of amides is 1. The van der Waals surface area contributed by atoms with Crippen LogP contribution < -0.4 is 5.73 Å². The fraction of sp³-hybridized carbons (Fsp3) is 0.316. The maximum Gasteiger partial charge on any atom is 0.416 e. The Morgan fingerprint density at radius 1 is 0.833 bits per heavy atom. The molecule has 0 saturated heterocycles. The maximum absolute atomic E-state index is 12.5. The highest BCUT2D eigenvalue weighted by Gasteiger charge is 2.29. The smallest absolute Gasteiger partial charge is 0.369 e. The minimum absolute atomic E-state index is 0.146. The monoisotopic (exact) mass is 339 g/mol. The van der Waals surface area contributed by atoms with E-state index in [4.69, 9.17) is 5.73 Å². The van der Waals surface area contributed by atoms with Gasteiger partial charge < -0.3 is 5.73 Å². The summed E-state index contributed by atoms with van der Waals surface area (Å²) in [4.78, 5) is 10.8. The number of rotatable bonds is 3. The molecule has 0 aliphatic heterocycles. The number of halogens is 3. The SMILES string of the molecule is CC.CC.NC(=O)Cc1ccc(-c2ccc(C(F)(F)F)cc2)cc1. The minimum Gasteiger partial charge on any atom is -0.369 e. The van der Waals surface area contributed by atoms with E-state index in [0.29, 0.717) is 5.56 Å². The Labute approximate surface area is 141 Å². The van der Waals surface area contributed by atoms with Crippen molar-refractivity contribution >= 4 is 5.91 Å². The Morgan fingerprint density at radius 3 is 1.54 bits per heavy atom. The number of alkyl halides is 3. The molecule has 0 aliphatic rings. The first kappa shape index (κ1) is 21.7. The molecule has 24 heavy (non-hydrogen) atoms. The minimum atomic E-state index is -4.33. The van der Waals surface area contributed by atoms with Gasteiger partial charge in [-0.25, -0.2) is 0 Å². The average Bonchev–Trinajstić information content (AvgIpc) is 2.58. The van der Waals surface area contributed by atoms with Gasteiger partial charge in [0.15, 0.2) is 0 Å². The molecule has 0 radical (unpaired) electrons. The molecule has 132 valence electrons. The van der Waals surface area contributed by atoms with Gasteiger partial charge in [-0.05, 0) is 28.8 Å². The van der Waals surface area contributed by atoms with Crippen molar-refractivity contribution in [3.8, 4) is 11.1 Å². The van der Waals surface area contributed by atoms with Crippen LogP contribution in [-0.4, -0.2) is 5.91 Å². The molecule has 0 aliphatic carbocycles. The van der Waals surface area contributed by atoms with Gasteiger partial charge in [0.1, 0.15) is 0 Å². The lowest BCUT2D eigenvalue weighted by Gasteiger charge is -2.08. The molecule has 0 bridgehead atoms. The lowest BCUT2D eigenvalue weighted by atomic mass is 10.0. The number of carbonyl (C=O) groups is 1. The van der Waals surface area contributed by atoms with Gasteiger partial charge in [-0.3, -0.25) is 4.79 Å². The normalized spacial score (nSPS) is 9.96. The number of hydrogen-bond donors (Lipinski definition) is 1. The van der Waals surface area contributed by atoms with Crippen molar-refractivity contribution in [3.63, 3.8) is 0 Å². The van der Waals surface area contributed by atoms with E-state index in [0.717, 1.165) is 23.3 Å². The van der Waals surface area contributed by atoms with Gasteiger partial charge in [-0.15, -0.1) is 0 Å². The maximum atomic E-state index is 12.5. The van der Waals surface area contributed by atoms with E-state index in [1.54, 1.807) is 24.3 Å². The molecule has 0 aromatic heterocycles. The Morgan fingerprint density at radius 2 is 1.21 bits per heavy atom. The molecule has 2 N–H and O–H groups in total. The zero-order valence-corrected chi connectivity index (χ0v) is 14.4. The first-order valence-electron chi connectivity index (χ1n) is 7.91. The first-order chi connectivity index (χ1) is 11.4. The third-order valence-corrected chi connectivity index (χ3v) is 2.88. The Balaban J connectivity index is 0.00000123. The van der Waals surface area contributed by atoms with E-state index >= 15 is 0 Å². The summed E-state index contributed by atoms with van der Waals surface area (Å²) in [6, 6.07) is 11.9. The molecule has 2 nitrogen and oxygen atoms in total. The van der Waals surface area contributed by atoms with Gasteiger partial charge in [0.2, 0.25) is 5.91 Å². The van der Waals surface area contributed by atoms with E-state index in [1.807, 2.05) is 27.7 Å². The van der Waals surface area contributed by atoms with Crippen LogP contribution >= 0.6 is 0 Å². The summed E-state index contributed by atoms with van der Waals surface area (Å²) < 4.78 is 37.4. The fourth-order valence-electron chi connectivity index (χ4n) is 1.87. The summed E-state index contributed by atoms with van der Waals surface area (Å²) in [5.74, 6) is -0.424. The standard InChI is InChI=1S/C15H12F3NO.2C2H6/c16-15(17,18)13-7-5-12(6-8-13)11-3-1-10(2-4-11)9-14(19)20;2*1-2/h1-8H,9H2,(H2,19,20);2*1-2H3. The molecule has 0 saturated carbocycles. The predicted octanol–water partition coefficient (Wildman–Crippen LogP) is 5.45. The second kappa shape index (κ2) is 10.5. The predicted molar refractivity (Wildman–Crippen MR) is 92.5 cm³/mol. The third kappa shape index (κ3) is 6.86. The Bertz CT molecular complexity index is 602. The number of carbonyl (C=O) groups excluding carboxylic acids is 1. The number of nitrogens with two attached hydrogens (primary N) is 1. The fourth-order valence-corrected chi connectivity index (χ4v) is 1.87. The van der Waals surface area contributed by atoms with Gasteiger partial charge in [0.25, 0.3) is 0 Å². The van der Waals surface area contributed by atoms with Crippen LogP contribution in [0.4, 0.5) is 13.2 Å². The second-order valence-electron chi connectivity index (χ2n) is 4.42. The second-order valence-corrected chi connectivity index (χ2v) is 4.42. The molecule has 2 aromatic carbocycles. The highest BCUT2D eigenvalue weighted by atomic mass is 19.4. The molecule has 0 fully saturated rings. The third-order valence-electron chi connectivity index (χ3n) is 2.88. The molecule has 0 heterocycles. The summed E-state index contributed by atoms with van der Waals surface area (Å²) in [5, 5.41) is 0. The zero-order valence-electron chi connectivity index (χ0n) is 14.4. The highest BCUT2D eigenvalue weighted by molar-refractivity contribution is 5.77. The molecule has 5 heteroatoms. The van der Waals surface area contributed by atoms with Crippen LogP contribution in [0.2, 0.25) is 0 Å². The van der Waals surface area contributed by atoms with E-state index < -0.39 is 17.6 Å². The zero-order chi connectivity index (χ0) is 18.8. The van der Waals surface area contributed by atoms with Crippen molar-refractivity contribution in [2.75, 3.05) is 0 Å². The van der Waals surface area contributed by atoms with Gasteiger partial charge in [-0.2, -0.15) is 13.2 Å². The van der Waals surface area contributed by atoms with E-state index in [2.05, 4.69) is 0 Å². The van der Waals surface area contributed by atoms with Crippen molar-refractivity contribution < 1.29 is 18.0 Å². The molecule has 2 rings (SSSR count). The lowest BCUT2D eigenvalue weighted by molar-refractivity contribution is -0.137. The summed E-state index contributed by atoms with van der Waals surface area (Å²) in [6.45, 7) is 8.00. The van der Waals surface area contributed by atoms with Crippen LogP contribution in [0.1, 0.15) is 38.8 Å². The Hall–Kier alpha value is -2.30. The van der Waals surface area contributed by atoms with Crippen LogP contribution in [0, 0.1) is 0 Å². The number of primary amides is 1. The quantitative estimate of drug-likeness (QED) is 0.793. The van der Waals surface area contributed by atoms with Crippen molar-refractivity contribution in [2.45, 2.75) is 40.3 Å². The molecule has 0 unspecified atom stereocenters. The van der Waals surface area contributed by atoms with Crippen molar-refractivity contribution in [1.29, 1.82) is 0 Å². The average molecular weight is 339 g/mol. The number of benzene rings is 2. The topological polar surface area (TPSA) is 43.1 Å². The molecular weight excluding hydrogens is 315 g/mol. The Kier molecular flexibility index (Phi) is 9.47. The van der Waals surface area contributed by atoms with Crippen LogP contribution in [-0.2, 0) is 17.4 Å². The summed E-state index contributed by atoms with van der Waals surface area (Å²) in [7, 11) is 0. The molecule has 0 spiro atoms. The van der Waals surface area contributed by atoms with E-state index in [-0.39, 0.29) is 6.42 Å². The van der Waals surface area contributed by atoms with Gasteiger partial charge in [0, 0.05) is 0 Å². The van der Waals surface area contributed by atoms with Gasteiger partial charge in [-0.1, -0.05) is 64.1 Å². The summed E-state index contributed by atoms with van der Waals surface area (Å²) in [5.41, 5.74) is 6.65.